The zero-order chi connectivity index (χ0) is 15.4. The van der Waals surface area contributed by atoms with Crippen molar-refractivity contribution in [3.05, 3.63) is 28.1 Å². The second kappa shape index (κ2) is 6.74. The van der Waals surface area contributed by atoms with Gasteiger partial charge in [-0.25, -0.2) is 4.39 Å². The highest BCUT2D eigenvalue weighted by molar-refractivity contribution is 5.59. The number of hydrogen-bond acceptors (Lipinski definition) is 4. The summed E-state index contributed by atoms with van der Waals surface area (Å²) in [6.07, 6.45) is 5.97. The SMILES string of the molecule is COc1cc(NC(C)C2CCCCC2)c(F)cc1[N+](=O)[O-]. The van der Waals surface area contributed by atoms with Gasteiger partial charge in [-0.2, -0.15) is 0 Å². The molecule has 0 bridgehead atoms. The number of nitro benzene ring substituents is 1. The lowest BCUT2D eigenvalue weighted by atomic mass is 9.84. The van der Waals surface area contributed by atoms with Gasteiger partial charge in [0.2, 0.25) is 0 Å². The van der Waals surface area contributed by atoms with Crippen LogP contribution < -0.4 is 10.1 Å². The molecule has 1 atom stereocenters. The number of hydrogen-bond donors (Lipinski definition) is 1. The quantitative estimate of drug-likeness (QED) is 0.655. The van der Waals surface area contributed by atoms with Gasteiger partial charge < -0.3 is 10.1 Å². The van der Waals surface area contributed by atoms with Crippen LogP contribution in [0.1, 0.15) is 39.0 Å². The molecule has 1 aliphatic rings. The Hall–Kier alpha value is -1.85. The topological polar surface area (TPSA) is 64.4 Å². The van der Waals surface area contributed by atoms with E-state index in [-0.39, 0.29) is 23.2 Å². The number of ether oxygens (including phenoxy) is 1. The highest BCUT2D eigenvalue weighted by Crippen LogP contribution is 2.34. The molecule has 1 unspecified atom stereocenters. The van der Waals surface area contributed by atoms with E-state index in [4.69, 9.17) is 4.74 Å². The van der Waals surface area contributed by atoms with Gasteiger partial charge in [-0.15, -0.1) is 0 Å². The lowest BCUT2D eigenvalue weighted by Crippen LogP contribution is -2.28. The molecule has 0 amide bonds. The van der Waals surface area contributed by atoms with Crippen LogP contribution in [0.15, 0.2) is 12.1 Å². The number of benzene rings is 1. The van der Waals surface area contributed by atoms with Crippen LogP contribution in [0, 0.1) is 21.8 Å². The molecular formula is C15H21FN2O3. The third-order valence-electron chi connectivity index (χ3n) is 4.21. The molecule has 6 heteroatoms. The van der Waals surface area contributed by atoms with Crippen LogP contribution in [0.5, 0.6) is 5.75 Å². The Morgan fingerprint density at radius 1 is 1.38 bits per heavy atom. The second-order valence-corrected chi connectivity index (χ2v) is 5.59. The predicted octanol–water partition coefficient (Wildman–Crippen LogP) is 4.12. The largest absolute Gasteiger partial charge is 0.490 e. The van der Waals surface area contributed by atoms with Crippen molar-refractivity contribution in [1.29, 1.82) is 0 Å². The van der Waals surface area contributed by atoms with E-state index >= 15 is 0 Å². The second-order valence-electron chi connectivity index (χ2n) is 5.59. The van der Waals surface area contributed by atoms with E-state index in [1.54, 1.807) is 0 Å². The van der Waals surface area contributed by atoms with E-state index in [1.807, 2.05) is 6.92 Å². The Morgan fingerprint density at radius 3 is 2.62 bits per heavy atom. The standard InChI is InChI=1S/C15H21FN2O3/c1-10(11-6-4-3-5-7-11)17-13-9-15(21-2)14(18(19)20)8-12(13)16/h8-11,17H,3-7H2,1-2H3. The zero-order valence-corrected chi connectivity index (χ0v) is 12.4. The van der Waals surface area contributed by atoms with Crippen molar-refractivity contribution in [3.63, 3.8) is 0 Å². The Morgan fingerprint density at radius 2 is 2.05 bits per heavy atom. The van der Waals surface area contributed by atoms with Gasteiger partial charge in [0.25, 0.3) is 0 Å². The molecule has 0 aromatic heterocycles. The van der Waals surface area contributed by atoms with E-state index in [9.17, 15) is 14.5 Å². The van der Waals surface area contributed by atoms with Gasteiger partial charge in [-0.3, -0.25) is 10.1 Å². The summed E-state index contributed by atoms with van der Waals surface area (Å²) in [5.41, 5.74) is -0.0959. The Kier molecular flexibility index (Phi) is 4.98. The van der Waals surface area contributed by atoms with Gasteiger partial charge in [0.1, 0.15) is 0 Å². The van der Waals surface area contributed by atoms with Crippen molar-refractivity contribution < 1.29 is 14.1 Å². The van der Waals surface area contributed by atoms with E-state index in [1.165, 1.54) is 32.4 Å². The first-order valence-corrected chi connectivity index (χ1v) is 7.31. The van der Waals surface area contributed by atoms with Gasteiger partial charge in [0.05, 0.1) is 23.8 Å². The summed E-state index contributed by atoms with van der Waals surface area (Å²) in [6.45, 7) is 2.03. The lowest BCUT2D eigenvalue weighted by Gasteiger charge is -2.29. The van der Waals surface area contributed by atoms with Crippen molar-refractivity contribution in [2.45, 2.75) is 45.1 Å². The molecule has 2 rings (SSSR count). The van der Waals surface area contributed by atoms with Crippen LogP contribution in [0.2, 0.25) is 0 Å². The zero-order valence-electron chi connectivity index (χ0n) is 12.4. The van der Waals surface area contributed by atoms with Crippen molar-refractivity contribution in [2.24, 2.45) is 5.92 Å². The third kappa shape index (κ3) is 3.62. The van der Waals surface area contributed by atoms with Crippen LogP contribution in [0.4, 0.5) is 15.8 Å². The maximum absolute atomic E-state index is 14.0. The predicted molar refractivity (Wildman–Crippen MR) is 79.3 cm³/mol. The van der Waals surface area contributed by atoms with Crippen LogP contribution in [-0.4, -0.2) is 18.1 Å². The summed E-state index contributed by atoms with van der Waals surface area (Å²) in [5.74, 6) is -0.0377. The average Bonchev–Trinajstić information content (AvgIpc) is 2.49. The van der Waals surface area contributed by atoms with Crippen molar-refractivity contribution in [2.75, 3.05) is 12.4 Å². The number of anilines is 1. The highest BCUT2D eigenvalue weighted by atomic mass is 19.1. The molecule has 0 saturated heterocycles. The number of rotatable bonds is 5. The van der Waals surface area contributed by atoms with Crippen LogP contribution in [0.25, 0.3) is 0 Å². The summed E-state index contributed by atoms with van der Waals surface area (Å²) in [6, 6.07) is 2.41. The minimum absolute atomic E-state index is 0.0692. The van der Waals surface area contributed by atoms with Crippen molar-refractivity contribution in [3.8, 4) is 5.75 Å². The number of nitro groups is 1. The van der Waals surface area contributed by atoms with E-state index in [0.717, 1.165) is 18.9 Å². The Labute approximate surface area is 123 Å². The van der Waals surface area contributed by atoms with Crippen LogP contribution in [-0.2, 0) is 0 Å². The van der Waals surface area contributed by atoms with Gasteiger partial charge in [-0.05, 0) is 25.7 Å². The molecule has 0 spiro atoms. The molecule has 0 heterocycles. The number of nitrogens with one attached hydrogen (secondary N) is 1. The maximum Gasteiger partial charge on any atom is 0.313 e. The van der Waals surface area contributed by atoms with Crippen LogP contribution in [0.3, 0.4) is 0 Å². The highest BCUT2D eigenvalue weighted by Gasteiger charge is 2.23. The van der Waals surface area contributed by atoms with Gasteiger partial charge >= 0.3 is 5.69 Å². The first-order chi connectivity index (χ1) is 10.0. The van der Waals surface area contributed by atoms with E-state index in [0.29, 0.717) is 5.92 Å². The monoisotopic (exact) mass is 296 g/mol. The number of nitrogens with zero attached hydrogens (tertiary/aromatic N) is 1. The molecule has 1 aliphatic carbocycles. The number of halogens is 1. The lowest BCUT2D eigenvalue weighted by molar-refractivity contribution is -0.385. The van der Waals surface area contributed by atoms with Gasteiger partial charge in [-0.1, -0.05) is 19.3 Å². The Balaban J connectivity index is 2.17. The fourth-order valence-corrected chi connectivity index (χ4v) is 2.96. The molecule has 1 aromatic rings. The normalized spacial score (nSPS) is 17.3. The van der Waals surface area contributed by atoms with E-state index < -0.39 is 10.7 Å². The minimum Gasteiger partial charge on any atom is -0.490 e. The molecule has 116 valence electrons. The third-order valence-corrected chi connectivity index (χ3v) is 4.21. The molecule has 21 heavy (non-hydrogen) atoms. The molecule has 5 nitrogen and oxygen atoms in total. The summed E-state index contributed by atoms with van der Waals surface area (Å²) in [5, 5.41) is 14.0. The minimum atomic E-state index is -0.643. The van der Waals surface area contributed by atoms with Gasteiger partial charge in [0, 0.05) is 12.1 Å². The smallest absolute Gasteiger partial charge is 0.313 e. The summed E-state index contributed by atoms with van der Waals surface area (Å²) < 4.78 is 19.0. The fraction of sp³-hybridized carbons (Fsp3) is 0.600. The molecule has 1 aromatic carbocycles. The molecule has 0 radical (unpaired) electrons. The van der Waals surface area contributed by atoms with Crippen LogP contribution >= 0.6 is 0 Å². The molecule has 0 aliphatic heterocycles. The molecule has 1 saturated carbocycles. The average molecular weight is 296 g/mol. The molecule has 1 fully saturated rings. The van der Waals surface area contributed by atoms with Crippen molar-refractivity contribution in [1.82, 2.24) is 0 Å². The molecular weight excluding hydrogens is 275 g/mol. The number of methoxy groups -OCH3 is 1. The summed E-state index contributed by atoms with van der Waals surface area (Å²) >= 11 is 0. The molecule has 1 N–H and O–H groups in total. The summed E-state index contributed by atoms with van der Waals surface area (Å²) in [4.78, 5) is 10.2. The first-order valence-electron chi connectivity index (χ1n) is 7.31. The summed E-state index contributed by atoms with van der Waals surface area (Å²) in [7, 11) is 1.34. The van der Waals surface area contributed by atoms with E-state index in [2.05, 4.69) is 5.32 Å². The fourth-order valence-electron chi connectivity index (χ4n) is 2.96. The first kappa shape index (κ1) is 15.5. The maximum atomic E-state index is 14.0. The van der Waals surface area contributed by atoms with Crippen molar-refractivity contribution >= 4 is 11.4 Å². The van der Waals surface area contributed by atoms with Gasteiger partial charge in [0.15, 0.2) is 11.6 Å². The Bertz CT molecular complexity index is 516.